The van der Waals surface area contributed by atoms with Crippen molar-refractivity contribution in [2.45, 2.75) is 25.3 Å². The number of carbonyl (C=O) groups excluding carboxylic acids is 2. The van der Waals surface area contributed by atoms with Crippen LogP contribution in [0.5, 0.6) is 0 Å². The predicted octanol–water partition coefficient (Wildman–Crippen LogP) is 0.606. The number of amides is 1. The Labute approximate surface area is 141 Å². The molecule has 0 bridgehead atoms. The zero-order valence-electron chi connectivity index (χ0n) is 13.6. The number of nitrogens with zero attached hydrogens (tertiary/aromatic N) is 2. The third-order valence-electron chi connectivity index (χ3n) is 4.83. The summed E-state index contributed by atoms with van der Waals surface area (Å²) in [7, 11) is 0. The van der Waals surface area contributed by atoms with Gasteiger partial charge in [0.1, 0.15) is 0 Å². The molecule has 23 heavy (non-hydrogen) atoms. The van der Waals surface area contributed by atoms with E-state index in [2.05, 4.69) is 9.80 Å². The van der Waals surface area contributed by atoms with Gasteiger partial charge in [0.15, 0.2) is 0 Å². The van der Waals surface area contributed by atoms with Crippen LogP contribution in [0, 0.1) is 5.92 Å². The summed E-state index contributed by atoms with van der Waals surface area (Å²) in [5, 5.41) is 0. The van der Waals surface area contributed by atoms with E-state index < -0.39 is 0 Å². The smallest absolute Gasteiger partial charge is 0.306 e. The van der Waals surface area contributed by atoms with Crippen LogP contribution in [-0.2, 0) is 19.1 Å². The summed E-state index contributed by atoms with van der Waals surface area (Å²) in [6, 6.07) is 0.353. The van der Waals surface area contributed by atoms with E-state index in [-0.39, 0.29) is 17.8 Å². The van der Waals surface area contributed by atoms with Crippen LogP contribution in [0.15, 0.2) is 0 Å². The van der Waals surface area contributed by atoms with Gasteiger partial charge in [0, 0.05) is 50.3 Å². The molecule has 2 atom stereocenters. The first-order valence-corrected chi connectivity index (χ1v) is 9.71. The lowest BCUT2D eigenvalue weighted by atomic mass is 10.0. The molecule has 1 amide bonds. The third kappa shape index (κ3) is 4.84. The second-order valence-corrected chi connectivity index (χ2v) is 7.67. The Bertz CT molecular complexity index is 422. The zero-order valence-corrected chi connectivity index (χ0v) is 14.4. The number of morpholine rings is 1. The van der Waals surface area contributed by atoms with Crippen molar-refractivity contribution < 1.29 is 19.1 Å². The van der Waals surface area contributed by atoms with Crippen molar-refractivity contribution in [3.63, 3.8) is 0 Å². The highest BCUT2D eigenvalue weighted by molar-refractivity contribution is 7.99. The molecule has 3 rings (SSSR count). The van der Waals surface area contributed by atoms with Crippen LogP contribution in [0.2, 0.25) is 0 Å². The Hall–Kier alpha value is -0.790. The topological polar surface area (TPSA) is 59.1 Å². The van der Waals surface area contributed by atoms with Gasteiger partial charge in [0.05, 0.1) is 26.2 Å². The van der Waals surface area contributed by atoms with E-state index in [9.17, 15) is 9.59 Å². The van der Waals surface area contributed by atoms with Gasteiger partial charge in [0.25, 0.3) is 0 Å². The van der Waals surface area contributed by atoms with Gasteiger partial charge in [-0.05, 0) is 12.2 Å². The highest BCUT2D eigenvalue weighted by Crippen LogP contribution is 2.25. The van der Waals surface area contributed by atoms with Crippen LogP contribution in [0.25, 0.3) is 0 Å². The molecule has 0 aromatic rings. The number of ether oxygens (including phenoxy) is 2. The van der Waals surface area contributed by atoms with E-state index in [0.717, 1.165) is 57.3 Å². The largest absolute Gasteiger partial charge is 0.465 e. The van der Waals surface area contributed by atoms with Crippen LogP contribution in [0.4, 0.5) is 0 Å². The standard InChI is InChI=1S/C16H26N2O4S/c19-15(9-13-10-16(20)22-11-13)18(14-1-8-23-12-14)3-2-17-4-6-21-7-5-17/h13-14H,1-12H2/t13-,14-/m0/s1. The average molecular weight is 342 g/mol. The summed E-state index contributed by atoms with van der Waals surface area (Å²) in [5.74, 6) is 2.26. The monoisotopic (exact) mass is 342 g/mol. The Kier molecular flexibility index (Phi) is 6.19. The quantitative estimate of drug-likeness (QED) is 0.659. The third-order valence-corrected chi connectivity index (χ3v) is 5.97. The fourth-order valence-electron chi connectivity index (χ4n) is 3.41. The van der Waals surface area contributed by atoms with Crippen molar-refractivity contribution in [3.05, 3.63) is 0 Å². The van der Waals surface area contributed by atoms with E-state index in [4.69, 9.17) is 9.47 Å². The molecular formula is C16H26N2O4S. The van der Waals surface area contributed by atoms with Gasteiger partial charge in [-0.3, -0.25) is 14.5 Å². The molecule has 0 aromatic carbocycles. The van der Waals surface area contributed by atoms with Crippen molar-refractivity contribution in [2.24, 2.45) is 5.92 Å². The number of esters is 1. The molecule has 0 radical (unpaired) electrons. The van der Waals surface area contributed by atoms with Crippen LogP contribution < -0.4 is 0 Å². The Balaban J connectivity index is 1.53. The van der Waals surface area contributed by atoms with E-state index >= 15 is 0 Å². The first-order chi connectivity index (χ1) is 11.2. The van der Waals surface area contributed by atoms with Gasteiger partial charge < -0.3 is 14.4 Å². The molecular weight excluding hydrogens is 316 g/mol. The molecule has 130 valence electrons. The molecule has 0 aromatic heterocycles. The molecule has 3 fully saturated rings. The molecule has 0 aliphatic carbocycles. The van der Waals surface area contributed by atoms with Crippen molar-refractivity contribution in [1.82, 2.24) is 9.80 Å². The molecule has 6 nitrogen and oxygen atoms in total. The maximum Gasteiger partial charge on any atom is 0.306 e. The number of hydrogen-bond acceptors (Lipinski definition) is 6. The minimum atomic E-state index is -0.168. The molecule has 0 saturated carbocycles. The molecule has 3 aliphatic heterocycles. The van der Waals surface area contributed by atoms with Crippen molar-refractivity contribution >= 4 is 23.6 Å². The van der Waals surface area contributed by atoms with Crippen molar-refractivity contribution in [1.29, 1.82) is 0 Å². The van der Waals surface area contributed by atoms with E-state index in [1.54, 1.807) is 0 Å². The Morgan fingerprint density at radius 3 is 2.83 bits per heavy atom. The first kappa shape index (κ1) is 17.0. The summed E-state index contributed by atoms with van der Waals surface area (Å²) in [4.78, 5) is 28.4. The van der Waals surface area contributed by atoms with Gasteiger partial charge >= 0.3 is 5.97 Å². The van der Waals surface area contributed by atoms with Gasteiger partial charge in [-0.2, -0.15) is 11.8 Å². The second kappa shape index (κ2) is 8.35. The lowest BCUT2D eigenvalue weighted by Gasteiger charge is -2.33. The number of rotatable bonds is 6. The van der Waals surface area contributed by atoms with Crippen LogP contribution in [0.3, 0.4) is 0 Å². The number of hydrogen-bond donors (Lipinski definition) is 0. The summed E-state index contributed by atoms with van der Waals surface area (Å²) < 4.78 is 10.4. The molecule has 3 heterocycles. The highest BCUT2D eigenvalue weighted by atomic mass is 32.2. The molecule has 0 N–H and O–H groups in total. The minimum Gasteiger partial charge on any atom is -0.465 e. The Morgan fingerprint density at radius 1 is 1.35 bits per heavy atom. The van der Waals surface area contributed by atoms with Gasteiger partial charge in [0.2, 0.25) is 5.91 Å². The van der Waals surface area contributed by atoms with Crippen LogP contribution in [-0.4, -0.2) is 85.2 Å². The zero-order chi connectivity index (χ0) is 16.1. The number of cyclic esters (lactones) is 1. The SMILES string of the molecule is O=C1C[C@H](CC(=O)N(CCN2CCOCC2)[C@H]2CCSC2)CO1. The normalized spacial score (nSPS) is 28.8. The number of thioether (sulfide) groups is 1. The van der Waals surface area contributed by atoms with E-state index in [1.807, 2.05) is 11.8 Å². The lowest BCUT2D eigenvalue weighted by molar-refractivity contribution is -0.138. The molecule has 3 aliphatic rings. The van der Waals surface area contributed by atoms with Crippen molar-refractivity contribution in [2.75, 3.05) is 57.5 Å². The lowest BCUT2D eigenvalue weighted by Crippen LogP contribution is -2.47. The summed E-state index contributed by atoms with van der Waals surface area (Å²) in [5.41, 5.74) is 0. The maximum atomic E-state index is 12.8. The van der Waals surface area contributed by atoms with Gasteiger partial charge in [-0.15, -0.1) is 0 Å². The van der Waals surface area contributed by atoms with Crippen LogP contribution >= 0.6 is 11.8 Å². The summed E-state index contributed by atoms with van der Waals surface area (Å²) >= 11 is 1.93. The first-order valence-electron chi connectivity index (χ1n) is 8.55. The van der Waals surface area contributed by atoms with E-state index in [0.29, 0.717) is 25.5 Å². The molecule has 0 unspecified atom stereocenters. The van der Waals surface area contributed by atoms with E-state index in [1.165, 1.54) is 0 Å². The fraction of sp³-hybridized carbons (Fsp3) is 0.875. The Morgan fingerprint density at radius 2 is 2.17 bits per heavy atom. The van der Waals surface area contributed by atoms with Gasteiger partial charge in [-0.25, -0.2) is 0 Å². The minimum absolute atomic E-state index is 0.0648. The fourth-order valence-corrected chi connectivity index (χ4v) is 4.64. The maximum absolute atomic E-state index is 12.8. The van der Waals surface area contributed by atoms with Crippen molar-refractivity contribution in [3.8, 4) is 0 Å². The summed E-state index contributed by atoms with van der Waals surface area (Å²) in [6.07, 6.45) is 1.91. The highest BCUT2D eigenvalue weighted by Gasteiger charge is 2.32. The molecule has 0 spiro atoms. The predicted molar refractivity (Wildman–Crippen MR) is 88.4 cm³/mol. The van der Waals surface area contributed by atoms with Gasteiger partial charge in [-0.1, -0.05) is 0 Å². The second-order valence-electron chi connectivity index (χ2n) is 6.52. The molecule has 3 saturated heterocycles. The average Bonchev–Trinajstić information content (AvgIpc) is 3.21. The molecule has 7 heteroatoms. The summed E-state index contributed by atoms with van der Waals surface area (Å²) in [6.45, 7) is 5.57. The van der Waals surface area contributed by atoms with Crippen LogP contribution in [0.1, 0.15) is 19.3 Å². The number of carbonyl (C=O) groups is 2.